The monoisotopic (exact) mass is 224 g/mol. The van der Waals surface area contributed by atoms with E-state index in [1.165, 1.54) is 25.7 Å². The number of hydrogen-bond acceptors (Lipinski definition) is 2. The predicted octanol–water partition coefficient (Wildman–Crippen LogP) is 1.78. The number of likely N-dealkylation sites (tertiary alicyclic amines) is 1. The van der Waals surface area contributed by atoms with Crippen LogP contribution in [0.15, 0.2) is 0 Å². The van der Waals surface area contributed by atoms with Gasteiger partial charge in [-0.2, -0.15) is 0 Å². The molecule has 0 radical (unpaired) electrons. The van der Waals surface area contributed by atoms with Crippen LogP contribution in [0.4, 0.5) is 0 Å². The lowest BCUT2D eigenvalue weighted by Gasteiger charge is -2.37. The average molecular weight is 224 g/mol. The number of amides is 1. The molecule has 0 aromatic heterocycles. The van der Waals surface area contributed by atoms with Crippen molar-refractivity contribution in [3.63, 3.8) is 0 Å². The minimum atomic E-state index is -0.0877. The van der Waals surface area contributed by atoms with E-state index in [-0.39, 0.29) is 5.41 Å². The molecule has 0 bridgehead atoms. The molecule has 2 aliphatic heterocycles. The SMILES string of the molecule is CC1(C(=O)N2CCCCCC2)CCNCC1. The highest BCUT2D eigenvalue weighted by atomic mass is 16.2. The number of carbonyl (C=O) groups is 1. The molecule has 0 unspecified atom stereocenters. The van der Waals surface area contributed by atoms with Gasteiger partial charge < -0.3 is 10.2 Å². The number of carbonyl (C=O) groups excluding carboxylic acids is 1. The molecule has 0 aromatic carbocycles. The first-order valence-corrected chi connectivity index (χ1v) is 6.72. The van der Waals surface area contributed by atoms with E-state index in [1.54, 1.807) is 0 Å². The van der Waals surface area contributed by atoms with Gasteiger partial charge in [0.15, 0.2) is 0 Å². The maximum absolute atomic E-state index is 12.5. The zero-order valence-corrected chi connectivity index (χ0v) is 10.4. The summed E-state index contributed by atoms with van der Waals surface area (Å²) in [5.41, 5.74) is -0.0877. The Morgan fingerprint density at radius 2 is 1.62 bits per heavy atom. The third kappa shape index (κ3) is 2.57. The first-order chi connectivity index (χ1) is 7.72. The van der Waals surface area contributed by atoms with E-state index in [9.17, 15) is 4.79 Å². The van der Waals surface area contributed by atoms with Gasteiger partial charge in [0.25, 0.3) is 0 Å². The molecule has 92 valence electrons. The molecule has 16 heavy (non-hydrogen) atoms. The highest BCUT2D eigenvalue weighted by molar-refractivity contribution is 5.82. The molecule has 2 rings (SSSR count). The summed E-state index contributed by atoms with van der Waals surface area (Å²) in [6, 6.07) is 0. The summed E-state index contributed by atoms with van der Waals surface area (Å²) < 4.78 is 0. The molecule has 0 aliphatic carbocycles. The maximum atomic E-state index is 12.5. The molecule has 2 heterocycles. The molecule has 0 atom stereocenters. The van der Waals surface area contributed by atoms with Crippen LogP contribution in [-0.4, -0.2) is 37.0 Å². The van der Waals surface area contributed by atoms with Crippen molar-refractivity contribution < 1.29 is 4.79 Å². The Kier molecular flexibility index (Phi) is 3.85. The zero-order chi connectivity index (χ0) is 11.4. The van der Waals surface area contributed by atoms with Gasteiger partial charge in [0.1, 0.15) is 0 Å². The molecule has 2 aliphatic rings. The van der Waals surface area contributed by atoms with Crippen molar-refractivity contribution in [1.29, 1.82) is 0 Å². The van der Waals surface area contributed by atoms with Crippen molar-refractivity contribution in [2.24, 2.45) is 5.41 Å². The average Bonchev–Trinajstić information content (AvgIpc) is 2.57. The lowest BCUT2D eigenvalue weighted by atomic mass is 9.79. The third-order valence-electron chi connectivity index (χ3n) is 4.12. The number of nitrogens with zero attached hydrogens (tertiary/aromatic N) is 1. The number of nitrogens with one attached hydrogen (secondary N) is 1. The van der Waals surface area contributed by atoms with Crippen molar-refractivity contribution in [2.45, 2.75) is 45.4 Å². The van der Waals surface area contributed by atoms with E-state index in [0.717, 1.165) is 39.0 Å². The number of rotatable bonds is 1. The van der Waals surface area contributed by atoms with Gasteiger partial charge in [0.2, 0.25) is 5.91 Å². The van der Waals surface area contributed by atoms with Crippen LogP contribution >= 0.6 is 0 Å². The van der Waals surface area contributed by atoms with Crippen LogP contribution in [0.25, 0.3) is 0 Å². The van der Waals surface area contributed by atoms with Crippen molar-refractivity contribution in [1.82, 2.24) is 10.2 Å². The highest BCUT2D eigenvalue weighted by Crippen LogP contribution is 2.31. The summed E-state index contributed by atoms with van der Waals surface area (Å²) in [6.45, 7) is 6.12. The fourth-order valence-electron chi connectivity index (χ4n) is 2.85. The van der Waals surface area contributed by atoms with E-state index >= 15 is 0 Å². The Hall–Kier alpha value is -0.570. The van der Waals surface area contributed by atoms with Gasteiger partial charge in [0.05, 0.1) is 0 Å². The van der Waals surface area contributed by atoms with Crippen LogP contribution in [0.2, 0.25) is 0 Å². The van der Waals surface area contributed by atoms with Crippen LogP contribution in [-0.2, 0) is 4.79 Å². The van der Waals surface area contributed by atoms with Gasteiger partial charge in [-0.15, -0.1) is 0 Å². The smallest absolute Gasteiger partial charge is 0.228 e. The summed E-state index contributed by atoms with van der Waals surface area (Å²) in [4.78, 5) is 14.6. The first-order valence-electron chi connectivity index (χ1n) is 6.72. The number of piperidine rings is 1. The van der Waals surface area contributed by atoms with Crippen LogP contribution in [0.1, 0.15) is 45.4 Å². The van der Waals surface area contributed by atoms with Crippen LogP contribution < -0.4 is 5.32 Å². The Morgan fingerprint density at radius 3 is 2.19 bits per heavy atom. The number of hydrogen-bond donors (Lipinski definition) is 1. The van der Waals surface area contributed by atoms with Crippen molar-refractivity contribution >= 4 is 5.91 Å². The van der Waals surface area contributed by atoms with E-state index in [4.69, 9.17) is 0 Å². The minimum absolute atomic E-state index is 0.0877. The summed E-state index contributed by atoms with van der Waals surface area (Å²) in [5.74, 6) is 0.413. The first kappa shape index (κ1) is 11.9. The largest absolute Gasteiger partial charge is 0.342 e. The highest BCUT2D eigenvalue weighted by Gasteiger charge is 2.37. The van der Waals surface area contributed by atoms with Crippen LogP contribution in [0.3, 0.4) is 0 Å². The Morgan fingerprint density at radius 1 is 1.06 bits per heavy atom. The topological polar surface area (TPSA) is 32.3 Å². The summed E-state index contributed by atoms with van der Waals surface area (Å²) in [5, 5.41) is 3.34. The summed E-state index contributed by atoms with van der Waals surface area (Å²) >= 11 is 0. The minimum Gasteiger partial charge on any atom is -0.342 e. The lowest BCUT2D eigenvalue weighted by molar-refractivity contribution is -0.142. The van der Waals surface area contributed by atoms with E-state index in [1.807, 2.05) is 0 Å². The van der Waals surface area contributed by atoms with Gasteiger partial charge in [-0.25, -0.2) is 0 Å². The normalized spacial score (nSPS) is 26.2. The Labute approximate surface area is 98.6 Å². The van der Waals surface area contributed by atoms with Gasteiger partial charge in [-0.1, -0.05) is 19.8 Å². The molecule has 0 aromatic rings. The van der Waals surface area contributed by atoms with Crippen molar-refractivity contribution in [3.05, 3.63) is 0 Å². The third-order valence-corrected chi connectivity index (χ3v) is 4.12. The molecular weight excluding hydrogens is 200 g/mol. The second-order valence-electron chi connectivity index (χ2n) is 5.52. The summed E-state index contributed by atoms with van der Waals surface area (Å²) in [6.07, 6.45) is 6.98. The second kappa shape index (κ2) is 5.17. The maximum Gasteiger partial charge on any atom is 0.228 e. The fraction of sp³-hybridized carbons (Fsp3) is 0.923. The molecule has 2 fully saturated rings. The Bertz CT molecular complexity index is 238. The molecule has 1 amide bonds. The van der Waals surface area contributed by atoms with Crippen LogP contribution in [0, 0.1) is 5.41 Å². The van der Waals surface area contributed by atoms with Gasteiger partial charge in [-0.05, 0) is 38.8 Å². The lowest BCUT2D eigenvalue weighted by Crippen LogP contribution is -2.48. The quantitative estimate of drug-likeness (QED) is 0.736. The van der Waals surface area contributed by atoms with Gasteiger partial charge in [-0.3, -0.25) is 4.79 Å². The zero-order valence-electron chi connectivity index (χ0n) is 10.4. The van der Waals surface area contributed by atoms with Crippen molar-refractivity contribution in [2.75, 3.05) is 26.2 Å². The van der Waals surface area contributed by atoms with E-state index in [2.05, 4.69) is 17.1 Å². The molecular formula is C13H24N2O. The molecule has 3 nitrogen and oxygen atoms in total. The molecule has 0 saturated carbocycles. The fourth-order valence-corrected chi connectivity index (χ4v) is 2.85. The van der Waals surface area contributed by atoms with Crippen molar-refractivity contribution in [3.8, 4) is 0 Å². The van der Waals surface area contributed by atoms with E-state index < -0.39 is 0 Å². The predicted molar refractivity (Wildman–Crippen MR) is 65.3 cm³/mol. The summed E-state index contributed by atoms with van der Waals surface area (Å²) in [7, 11) is 0. The van der Waals surface area contributed by atoms with Gasteiger partial charge >= 0.3 is 0 Å². The molecule has 3 heteroatoms. The second-order valence-corrected chi connectivity index (χ2v) is 5.52. The molecule has 0 spiro atoms. The van der Waals surface area contributed by atoms with Crippen LogP contribution in [0.5, 0.6) is 0 Å². The standard InChI is InChI=1S/C13H24N2O/c1-13(6-8-14-9-7-13)12(16)15-10-4-2-3-5-11-15/h14H,2-11H2,1H3. The van der Waals surface area contributed by atoms with Gasteiger partial charge in [0, 0.05) is 18.5 Å². The Balaban J connectivity index is 1.98. The molecule has 1 N–H and O–H groups in total. The van der Waals surface area contributed by atoms with E-state index in [0.29, 0.717) is 5.91 Å². The molecule has 2 saturated heterocycles.